The maximum absolute atomic E-state index is 13.1. The Labute approximate surface area is 146 Å². The molecule has 6 heteroatoms. The van der Waals surface area contributed by atoms with Crippen LogP contribution in [0.25, 0.3) is 0 Å². The molecule has 3 rings (SSSR count). The van der Waals surface area contributed by atoms with Crippen molar-refractivity contribution in [2.75, 3.05) is 20.4 Å². The van der Waals surface area contributed by atoms with Gasteiger partial charge in [0, 0.05) is 18.7 Å². The first-order valence-corrected chi connectivity index (χ1v) is 8.20. The molecule has 0 aliphatic carbocycles. The Bertz CT molecular complexity index is 749. The fourth-order valence-electron chi connectivity index (χ4n) is 2.92. The lowest BCUT2D eigenvalue weighted by Gasteiger charge is -2.28. The van der Waals surface area contributed by atoms with Crippen molar-refractivity contribution < 1.29 is 18.7 Å². The van der Waals surface area contributed by atoms with Crippen molar-refractivity contribution in [3.63, 3.8) is 0 Å². The van der Waals surface area contributed by atoms with Gasteiger partial charge in [0.25, 0.3) is 5.91 Å². The van der Waals surface area contributed by atoms with E-state index in [2.05, 4.69) is 0 Å². The van der Waals surface area contributed by atoms with Gasteiger partial charge in [-0.2, -0.15) is 0 Å². The number of hydrogen-bond acceptors (Lipinski definition) is 4. The predicted molar refractivity (Wildman–Crippen MR) is 92.2 cm³/mol. The number of amides is 1. The molecular formula is C19H21FN2O3. The molecule has 2 N–H and O–H groups in total. The summed E-state index contributed by atoms with van der Waals surface area (Å²) in [5.74, 6) is 0.833. The highest BCUT2D eigenvalue weighted by Gasteiger charge is 2.23. The number of carbonyl (C=O) groups is 1. The summed E-state index contributed by atoms with van der Waals surface area (Å²) in [6, 6.07) is 11.4. The summed E-state index contributed by atoms with van der Waals surface area (Å²) in [6.45, 7) is 0.633. The topological polar surface area (TPSA) is 64.8 Å². The fourth-order valence-corrected chi connectivity index (χ4v) is 2.92. The van der Waals surface area contributed by atoms with Gasteiger partial charge in [-0.25, -0.2) is 4.39 Å². The van der Waals surface area contributed by atoms with Crippen LogP contribution >= 0.6 is 0 Å². The highest BCUT2D eigenvalue weighted by atomic mass is 19.1. The van der Waals surface area contributed by atoms with E-state index in [1.165, 1.54) is 12.1 Å². The Morgan fingerprint density at radius 2 is 1.92 bits per heavy atom. The standard InChI is InChI=1S/C19H21FN2O3/c1-22(16(8-9-21)10-13-2-5-15(20)6-3-13)19(23)14-4-7-17-18(11-14)25-12-24-17/h2-7,11,16H,8-10,12,21H2,1H3. The number of fused-ring (bicyclic) bond motifs is 1. The van der Waals surface area contributed by atoms with Gasteiger partial charge in [-0.05, 0) is 55.3 Å². The minimum absolute atomic E-state index is 0.0756. The van der Waals surface area contributed by atoms with Gasteiger partial charge < -0.3 is 20.1 Å². The summed E-state index contributed by atoms with van der Waals surface area (Å²) in [7, 11) is 1.76. The lowest BCUT2D eigenvalue weighted by molar-refractivity contribution is 0.0725. The summed E-state index contributed by atoms with van der Waals surface area (Å²) in [5, 5.41) is 0. The summed E-state index contributed by atoms with van der Waals surface area (Å²) in [4.78, 5) is 14.5. The molecule has 2 aromatic carbocycles. The van der Waals surface area contributed by atoms with Gasteiger partial charge in [0.15, 0.2) is 11.5 Å². The molecule has 2 aromatic rings. The molecule has 0 aromatic heterocycles. The van der Waals surface area contributed by atoms with Crippen LogP contribution in [0.15, 0.2) is 42.5 Å². The van der Waals surface area contributed by atoms with Crippen LogP contribution in [-0.2, 0) is 6.42 Å². The number of benzene rings is 2. The molecule has 1 aliphatic heterocycles. The van der Waals surface area contributed by atoms with E-state index in [0.29, 0.717) is 36.4 Å². The second-order valence-electron chi connectivity index (χ2n) is 6.05. The van der Waals surface area contributed by atoms with Crippen LogP contribution in [0.1, 0.15) is 22.3 Å². The van der Waals surface area contributed by atoms with E-state index in [0.717, 1.165) is 5.56 Å². The van der Waals surface area contributed by atoms with Crippen molar-refractivity contribution in [3.05, 3.63) is 59.4 Å². The minimum atomic E-state index is -0.274. The van der Waals surface area contributed by atoms with Gasteiger partial charge >= 0.3 is 0 Å². The zero-order valence-corrected chi connectivity index (χ0v) is 14.1. The Morgan fingerprint density at radius 3 is 2.64 bits per heavy atom. The zero-order chi connectivity index (χ0) is 17.8. The maximum Gasteiger partial charge on any atom is 0.253 e. The Hall–Kier alpha value is -2.60. The maximum atomic E-state index is 13.1. The molecule has 0 bridgehead atoms. The smallest absolute Gasteiger partial charge is 0.253 e. The van der Waals surface area contributed by atoms with Crippen LogP contribution in [0.4, 0.5) is 4.39 Å². The first-order valence-electron chi connectivity index (χ1n) is 8.20. The van der Waals surface area contributed by atoms with Crippen molar-refractivity contribution in [1.82, 2.24) is 4.90 Å². The van der Waals surface area contributed by atoms with E-state index < -0.39 is 0 Å². The van der Waals surface area contributed by atoms with Crippen LogP contribution in [0.5, 0.6) is 11.5 Å². The molecular weight excluding hydrogens is 323 g/mol. The third kappa shape index (κ3) is 3.91. The summed E-state index contributed by atoms with van der Waals surface area (Å²) >= 11 is 0. The van der Waals surface area contributed by atoms with Crippen LogP contribution < -0.4 is 15.2 Å². The average molecular weight is 344 g/mol. The zero-order valence-electron chi connectivity index (χ0n) is 14.1. The predicted octanol–water partition coefficient (Wildman–Crippen LogP) is 2.59. The van der Waals surface area contributed by atoms with Crippen LogP contribution in [0, 0.1) is 5.82 Å². The van der Waals surface area contributed by atoms with Gasteiger partial charge in [0.1, 0.15) is 5.82 Å². The minimum Gasteiger partial charge on any atom is -0.454 e. The van der Waals surface area contributed by atoms with Gasteiger partial charge in [0.2, 0.25) is 6.79 Å². The molecule has 1 atom stereocenters. The van der Waals surface area contributed by atoms with Crippen LogP contribution in [0.3, 0.4) is 0 Å². The largest absolute Gasteiger partial charge is 0.454 e. The third-order valence-electron chi connectivity index (χ3n) is 4.37. The lowest BCUT2D eigenvalue weighted by atomic mass is 10.0. The van der Waals surface area contributed by atoms with Crippen LogP contribution in [-0.4, -0.2) is 37.2 Å². The summed E-state index contributed by atoms with van der Waals surface area (Å²) in [6.07, 6.45) is 1.27. The summed E-state index contributed by atoms with van der Waals surface area (Å²) < 4.78 is 23.7. The van der Waals surface area contributed by atoms with Crippen molar-refractivity contribution in [1.29, 1.82) is 0 Å². The SMILES string of the molecule is CN(C(=O)c1ccc2c(c1)OCO2)C(CCN)Cc1ccc(F)cc1. The Kier molecular flexibility index (Phi) is 5.19. The van der Waals surface area contributed by atoms with Crippen molar-refractivity contribution >= 4 is 5.91 Å². The lowest BCUT2D eigenvalue weighted by Crippen LogP contribution is -2.39. The molecule has 5 nitrogen and oxygen atoms in total. The van der Waals surface area contributed by atoms with E-state index in [-0.39, 0.29) is 24.6 Å². The van der Waals surface area contributed by atoms with Crippen molar-refractivity contribution in [3.8, 4) is 11.5 Å². The quantitative estimate of drug-likeness (QED) is 0.875. The number of rotatable bonds is 6. The molecule has 1 unspecified atom stereocenters. The molecule has 1 heterocycles. The molecule has 0 saturated heterocycles. The highest BCUT2D eigenvalue weighted by Crippen LogP contribution is 2.33. The second kappa shape index (κ2) is 7.53. The third-order valence-corrected chi connectivity index (χ3v) is 4.37. The summed E-state index contributed by atoms with van der Waals surface area (Å²) in [5.41, 5.74) is 7.22. The number of hydrogen-bond donors (Lipinski definition) is 1. The van der Waals surface area contributed by atoms with E-state index in [1.807, 2.05) is 0 Å². The second-order valence-corrected chi connectivity index (χ2v) is 6.05. The Morgan fingerprint density at radius 1 is 1.20 bits per heavy atom. The van der Waals surface area contributed by atoms with Gasteiger partial charge in [-0.3, -0.25) is 4.79 Å². The van der Waals surface area contributed by atoms with E-state index in [4.69, 9.17) is 15.2 Å². The fraction of sp³-hybridized carbons (Fsp3) is 0.316. The monoisotopic (exact) mass is 344 g/mol. The molecule has 25 heavy (non-hydrogen) atoms. The average Bonchev–Trinajstić information content (AvgIpc) is 3.09. The molecule has 0 radical (unpaired) electrons. The number of ether oxygens (including phenoxy) is 2. The first kappa shape index (κ1) is 17.2. The first-order chi connectivity index (χ1) is 12.1. The molecule has 0 saturated carbocycles. The number of nitrogens with zero attached hydrogens (tertiary/aromatic N) is 1. The van der Waals surface area contributed by atoms with Gasteiger partial charge in [-0.1, -0.05) is 12.1 Å². The van der Waals surface area contributed by atoms with Crippen molar-refractivity contribution in [2.45, 2.75) is 18.9 Å². The number of carbonyl (C=O) groups excluding carboxylic acids is 1. The van der Waals surface area contributed by atoms with E-state index >= 15 is 0 Å². The highest BCUT2D eigenvalue weighted by molar-refractivity contribution is 5.95. The van der Waals surface area contributed by atoms with Gasteiger partial charge in [0.05, 0.1) is 0 Å². The number of halogens is 1. The molecule has 1 amide bonds. The molecule has 0 spiro atoms. The normalized spacial score (nSPS) is 13.6. The van der Waals surface area contributed by atoms with Gasteiger partial charge in [-0.15, -0.1) is 0 Å². The van der Waals surface area contributed by atoms with Crippen molar-refractivity contribution in [2.24, 2.45) is 5.73 Å². The Balaban J connectivity index is 1.76. The van der Waals surface area contributed by atoms with Crippen LogP contribution in [0.2, 0.25) is 0 Å². The van der Waals surface area contributed by atoms with E-state index in [9.17, 15) is 9.18 Å². The van der Waals surface area contributed by atoms with E-state index in [1.54, 1.807) is 42.3 Å². The number of likely N-dealkylation sites (N-methyl/N-ethyl adjacent to an activating group) is 1. The molecule has 0 fully saturated rings. The number of nitrogens with two attached hydrogens (primary N) is 1. The molecule has 1 aliphatic rings. The molecule has 132 valence electrons.